The topological polar surface area (TPSA) is 49.8 Å². The fraction of sp³-hybridized carbons (Fsp3) is 0.533. The van der Waals surface area contributed by atoms with E-state index in [0.717, 1.165) is 49.3 Å². The predicted octanol–water partition coefficient (Wildman–Crippen LogP) is 1.75. The lowest BCUT2D eigenvalue weighted by molar-refractivity contribution is -0.136. The summed E-state index contributed by atoms with van der Waals surface area (Å²) in [5, 5.41) is 9.49. The first kappa shape index (κ1) is 12.5. The van der Waals surface area contributed by atoms with Gasteiger partial charge in [-0.05, 0) is 36.6 Å². The number of carbonyl (C=O) groups is 1. The lowest BCUT2D eigenvalue weighted by atomic mass is 9.68. The number of rotatable bonds is 3. The van der Waals surface area contributed by atoms with E-state index in [1.165, 1.54) is 0 Å². The number of anilines is 1. The van der Waals surface area contributed by atoms with Crippen LogP contribution >= 0.6 is 0 Å². The minimum atomic E-state index is -0.537. The van der Waals surface area contributed by atoms with Gasteiger partial charge in [0.05, 0.1) is 18.6 Å². The number of nitrogens with zero attached hydrogens (tertiary/aromatic N) is 1. The van der Waals surface area contributed by atoms with Gasteiger partial charge < -0.3 is 14.7 Å². The molecule has 19 heavy (non-hydrogen) atoms. The Bertz CT molecular complexity index is 503. The number of ether oxygens (including phenoxy) is 1. The van der Waals surface area contributed by atoms with E-state index in [9.17, 15) is 9.90 Å². The molecule has 2 aliphatic rings. The monoisotopic (exact) mass is 261 g/mol. The first-order valence-electron chi connectivity index (χ1n) is 6.81. The van der Waals surface area contributed by atoms with Crippen LogP contribution in [0.2, 0.25) is 0 Å². The van der Waals surface area contributed by atoms with Gasteiger partial charge in [-0.2, -0.15) is 0 Å². The van der Waals surface area contributed by atoms with Gasteiger partial charge >= 0.3 is 0 Å². The van der Waals surface area contributed by atoms with Crippen LogP contribution in [0.4, 0.5) is 5.69 Å². The fourth-order valence-corrected chi connectivity index (χ4v) is 2.90. The summed E-state index contributed by atoms with van der Waals surface area (Å²) in [6.07, 6.45) is 3.51. The summed E-state index contributed by atoms with van der Waals surface area (Å²) in [4.78, 5) is 14.2. The van der Waals surface area contributed by atoms with Gasteiger partial charge in [-0.3, -0.25) is 4.79 Å². The Balaban J connectivity index is 1.83. The van der Waals surface area contributed by atoms with Crippen LogP contribution in [-0.4, -0.2) is 31.3 Å². The normalized spacial score (nSPS) is 19.3. The summed E-state index contributed by atoms with van der Waals surface area (Å²) in [5.41, 5.74) is 1.50. The van der Waals surface area contributed by atoms with E-state index < -0.39 is 5.41 Å². The minimum Gasteiger partial charge on any atom is -0.493 e. The molecule has 1 saturated carbocycles. The van der Waals surface area contributed by atoms with Gasteiger partial charge in [-0.1, -0.05) is 6.42 Å². The van der Waals surface area contributed by atoms with Crippen molar-refractivity contribution >= 4 is 11.6 Å². The van der Waals surface area contributed by atoms with Crippen molar-refractivity contribution in [3.8, 4) is 5.75 Å². The minimum absolute atomic E-state index is 0.0279. The highest BCUT2D eigenvalue weighted by Crippen LogP contribution is 2.42. The SMILES string of the molecule is CN(C(=O)C1(CO)CCC1)c1ccc2c(c1)CCO2. The van der Waals surface area contributed by atoms with Crippen molar-refractivity contribution < 1.29 is 14.6 Å². The molecule has 1 amide bonds. The van der Waals surface area contributed by atoms with Crippen LogP contribution < -0.4 is 9.64 Å². The van der Waals surface area contributed by atoms with Crippen LogP contribution in [0.1, 0.15) is 24.8 Å². The van der Waals surface area contributed by atoms with Crippen molar-refractivity contribution in [1.29, 1.82) is 0 Å². The first-order valence-corrected chi connectivity index (χ1v) is 6.81. The molecule has 4 nitrogen and oxygen atoms in total. The van der Waals surface area contributed by atoms with Gasteiger partial charge in [0.15, 0.2) is 0 Å². The van der Waals surface area contributed by atoms with Crippen molar-refractivity contribution in [1.82, 2.24) is 0 Å². The van der Waals surface area contributed by atoms with Gasteiger partial charge in [-0.15, -0.1) is 0 Å². The zero-order valence-electron chi connectivity index (χ0n) is 11.2. The number of aliphatic hydroxyl groups excluding tert-OH is 1. The van der Waals surface area contributed by atoms with E-state index in [2.05, 4.69) is 0 Å². The summed E-state index contributed by atoms with van der Waals surface area (Å²) in [6.45, 7) is 0.668. The van der Waals surface area contributed by atoms with E-state index in [4.69, 9.17) is 4.74 Å². The number of amides is 1. The van der Waals surface area contributed by atoms with Crippen LogP contribution in [0.5, 0.6) is 5.75 Å². The highest BCUT2D eigenvalue weighted by molar-refractivity contribution is 5.98. The number of aliphatic hydroxyl groups is 1. The summed E-state index contributed by atoms with van der Waals surface area (Å²) >= 11 is 0. The third-order valence-corrected chi connectivity index (χ3v) is 4.43. The van der Waals surface area contributed by atoms with Crippen LogP contribution in [0.15, 0.2) is 18.2 Å². The molecule has 0 bridgehead atoms. The second kappa shape index (κ2) is 4.53. The second-order valence-electron chi connectivity index (χ2n) is 5.55. The second-order valence-corrected chi connectivity index (χ2v) is 5.55. The molecular formula is C15H19NO3. The largest absolute Gasteiger partial charge is 0.493 e. The van der Waals surface area contributed by atoms with Crippen molar-refractivity contribution in [3.05, 3.63) is 23.8 Å². The molecule has 1 heterocycles. The average molecular weight is 261 g/mol. The number of hydrogen-bond acceptors (Lipinski definition) is 3. The number of hydrogen-bond donors (Lipinski definition) is 1. The van der Waals surface area contributed by atoms with Crippen molar-refractivity contribution in [2.24, 2.45) is 5.41 Å². The fourth-order valence-electron chi connectivity index (χ4n) is 2.90. The van der Waals surface area contributed by atoms with Crippen LogP contribution in [0.3, 0.4) is 0 Å². The highest BCUT2D eigenvalue weighted by atomic mass is 16.5. The van der Waals surface area contributed by atoms with E-state index in [0.29, 0.717) is 0 Å². The Labute approximate surface area is 113 Å². The molecule has 1 N–H and O–H groups in total. The van der Waals surface area contributed by atoms with Crippen LogP contribution in [0.25, 0.3) is 0 Å². The molecule has 1 aromatic rings. The Morgan fingerprint density at radius 2 is 2.26 bits per heavy atom. The zero-order chi connectivity index (χ0) is 13.5. The molecule has 4 heteroatoms. The molecule has 0 spiro atoms. The Kier molecular flexibility index (Phi) is 2.97. The van der Waals surface area contributed by atoms with E-state index in [1.54, 1.807) is 11.9 Å². The number of benzene rings is 1. The average Bonchev–Trinajstić information content (AvgIpc) is 2.84. The summed E-state index contributed by atoms with van der Waals surface area (Å²) < 4.78 is 5.47. The lowest BCUT2D eigenvalue weighted by Gasteiger charge is -2.41. The Morgan fingerprint density at radius 3 is 2.89 bits per heavy atom. The van der Waals surface area contributed by atoms with E-state index in [-0.39, 0.29) is 12.5 Å². The smallest absolute Gasteiger partial charge is 0.235 e. The molecule has 1 aliphatic heterocycles. The lowest BCUT2D eigenvalue weighted by Crippen LogP contribution is -2.49. The molecule has 0 radical (unpaired) electrons. The standard InChI is InChI=1S/C15H19NO3/c1-16(14(18)15(10-17)6-2-7-15)12-3-4-13-11(9-12)5-8-19-13/h3-4,9,17H,2,5-8,10H2,1H3. The van der Waals surface area contributed by atoms with Gasteiger partial charge in [0, 0.05) is 19.2 Å². The molecule has 102 valence electrons. The molecule has 0 unspecified atom stereocenters. The molecule has 1 aromatic carbocycles. The van der Waals surface area contributed by atoms with Gasteiger partial charge in [0.25, 0.3) is 0 Å². The molecule has 0 aromatic heterocycles. The molecular weight excluding hydrogens is 242 g/mol. The number of carbonyl (C=O) groups excluding carboxylic acids is 1. The Hall–Kier alpha value is -1.55. The summed E-state index contributed by atoms with van der Waals surface area (Å²) in [5.74, 6) is 0.949. The molecule has 1 fully saturated rings. The molecule has 0 atom stereocenters. The van der Waals surface area contributed by atoms with Gasteiger partial charge in [0.1, 0.15) is 5.75 Å². The van der Waals surface area contributed by atoms with Crippen molar-refractivity contribution in [2.75, 3.05) is 25.2 Å². The summed E-state index contributed by atoms with van der Waals surface area (Å²) in [6, 6.07) is 5.85. The zero-order valence-corrected chi connectivity index (χ0v) is 11.2. The van der Waals surface area contributed by atoms with E-state index in [1.807, 2.05) is 18.2 Å². The van der Waals surface area contributed by atoms with Crippen molar-refractivity contribution in [2.45, 2.75) is 25.7 Å². The van der Waals surface area contributed by atoms with Crippen LogP contribution in [0, 0.1) is 5.41 Å². The first-order chi connectivity index (χ1) is 9.16. The highest BCUT2D eigenvalue weighted by Gasteiger charge is 2.45. The van der Waals surface area contributed by atoms with Gasteiger partial charge in [0.2, 0.25) is 5.91 Å². The maximum absolute atomic E-state index is 12.5. The Morgan fingerprint density at radius 1 is 1.47 bits per heavy atom. The van der Waals surface area contributed by atoms with Crippen LogP contribution in [-0.2, 0) is 11.2 Å². The number of fused-ring (bicyclic) bond motifs is 1. The van der Waals surface area contributed by atoms with E-state index >= 15 is 0 Å². The molecule has 1 aliphatic carbocycles. The van der Waals surface area contributed by atoms with Gasteiger partial charge in [-0.25, -0.2) is 0 Å². The molecule has 3 rings (SSSR count). The maximum atomic E-state index is 12.5. The maximum Gasteiger partial charge on any atom is 0.235 e. The summed E-state index contributed by atoms with van der Waals surface area (Å²) in [7, 11) is 1.79. The third-order valence-electron chi connectivity index (χ3n) is 4.43. The molecule has 0 saturated heterocycles. The quantitative estimate of drug-likeness (QED) is 0.901. The van der Waals surface area contributed by atoms with Crippen molar-refractivity contribution in [3.63, 3.8) is 0 Å². The predicted molar refractivity (Wildman–Crippen MR) is 72.4 cm³/mol. The third kappa shape index (κ3) is 1.91.